The van der Waals surface area contributed by atoms with E-state index < -0.39 is 15.2 Å². The first kappa shape index (κ1) is 12.6. The van der Waals surface area contributed by atoms with Gasteiger partial charge in [0.25, 0.3) is 0 Å². The number of hydrogen-bond donors (Lipinski definition) is 0. The Bertz CT molecular complexity index is 104. The summed E-state index contributed by atoms with van der Waals surface area (Å²) in [6.45, 7) is 4.07. The molecule has 0 amide bonds. The van der Waals surface area contributed by atoms with E-state index in [4.69, 9.17) is 44.3 Å². The maximum absolute atomic E-state index is 5.76. The summed E-state index contributed by atoms with van der Waals surface area (Å²) in [5.41, 5.74) is 0. The lowest BCUT2D eigenvalue weighted by Crippen LogP contribution is -2.44. The van der Waals surface area contributed by atoms with Crippen LogP contribution in [0.3, 0.4) is 0 Å². The van der Waals surface area contributed by atoms with Crippen molar-refractivity contribution in [3.8, 4) is 0 Å². The molecule has 2 radical (unpaired) electrons. The number of rotatable bonds is 4. The first-order chi connectivity index (χ1) is 5.00. The second-order valence-electron chi connectivity index (χ2n) is 2.11. The van der Waals surface area contributed by atoms with Crippen molar-refractivity contribution in [2.75, 3.05) is 0 Å². The molecule has 0 spiro atoms. The molecule has 0 rings (SSSR count). The summed E-state index contributed by atoms with van der Waals surface area (Å²) in [5.74, 6) is 0. The molecule has 0 aromatic carbocycles. The third-order valence-corrected chi connectivity index (χ3v) is 8.23. The molecular formula is C4H9Cl4NSi2. The van der Waals surface area contributed by atoms with Crippen LogP contribution in [0.5, 0.6) is 0 Å². The van der Waals surface area contributed by atoms with Gasteiger partial charge in [0.2, 0.25) is 0 Å². The van der Waals surface area contributed by atoms with Gasteiger partial charge in [-0.15, -0.1) is 44.3 Å². The summed E-state index contributed by atoms with van der Waals surface area (Å²) in [6, 6.07) is 0.280. The van der Waals surface area contributed by atoms with Crippen LogP contribution in [0.15, 0.2) is 0 Å². The van der Waals surface area contributed by atoms with Crippen LogP contribution in [-0.2, 0) is 0 Å². The summed E-state index contributed by atoms with van der Waals surface area (Å²) in [5, 5.41) is 0. The Morgan fingerprint density at radius 1 is 1.18 bits per heavy atom. The molecule has 0 aromatic heterocycles. The van der Waals surface area contributed by atoms with Crippen molar-refractivity contribution < 1.29 is 0 Å². The Morgan fingerprint density at radius 2 is 1.55 bits per heavy atom. The molecule has 11 heavy (non-hydrogen) atoms. The Kier molecular flexibility index (Phi) is 6.93. The molecule has 0 aliphatic rings. The molecule has 1 atom stereocenters. The SMILES string of the molecule is CCC(C)N([Si](Cl)Cl)[Si](Cl)Cl. The van der Waals surface area contributed by atoms with Gasteiger partial charge in [-0.3, -0.25) is 4.23 Å². The molecule has 0 saturated heterocycles. The minimum atomic E-state index is -1.52. The maximum atomic E-state index is 5.76. The molecule has 0 aromatic rings. The fraction of sp³-hybridized carbons (Fsp3) is 1.00. The molecule has 0 heterocycles. The molecule has 0 saturated carbocycles. The molecule has 1 unspecified atom stereocenters. The fourth-order valence-corrected chi connectivity index (χ4v) is 8.72. The van der Waals surface area contributed by atoms with Crippen LogP contribution in [0.4, 0.5) is 0 Å². The molecule has 0 bridgehead atoms. The predicted octanol–water partition coefficient (Wildman–Crippen LogP) is 3.01. The van der Waals surface area contributed by atoms with Crippen molar-refractivity contribution in [1.29, 1.82) is 0 Å². The summed E-state index contributed by atoms with van der Waals surface area (Å²) in [7, 11) is -3.05. The van der Waals surface area contributed by atoms with Gasteiger partial charge in [-0.25, -0.2) is 0 Å². The Morgan fingerprint density at radius 3 is 1.64 bits per heavy atom. The lowest BCUT2D eigenvalue weighted by Gasteiger charge is -2.27. The highest BCUT2D eigenvalue weighted by Gasteiger charge is 2.29. The number of hydrogen-bond acceptors (Lipinski definition) is 1. The zero-order valence-corrected chi connectivity index (χ0v) is 11.3. The largest absolute Gasteiger partial charge is 0.355 e. The Balaban J connectivity index is 4.09. The summed E-state index contributed by atoms with van der Waals surface area (Å²) >= 11 is 23.0. The third-order valence-electron chi connectivity index (χ3n) is 1.40. The third kappa shape index (κ3) is 4.36. The van der Waals surface area contributed by atoms with Gasteiger partial charge in [0, 0.05) is 0 Å². The molecule has 0 fully saturated rings. The summed E-state index contributed by atoms with van der Waals surface area (Å²) in [6.07, 6.45) is 0.960. The maximum Gasteiger partial charge on any atom is 0.355 e. The number of nitrogens with zero attached hydrogens (tertiary/aromatic N) is 1. The van der Waals surface area contributed by atoms with E-state index in [1.807, 2.05) is 11.2 Å². The predicted molar refractivity (Wildman–Crippen MR) is 56.5 cm³/mol. The van der Waals surface area contributed by atoms with Gasteiger partial charge in [-0.2, -0.15) is 0 Å². The van der Waals surface area contributed by atoms with Crippen molar-refractivity contribution in [3.05, 3.63) is 0 Å². The zero-order valence-electron chi connectivity index (χ0n) is 6.24. The highest BCUT2D eigenvalue weighted by molar-refractivity contribution is 7.42. The highest BCUT2D eigenvalue weighted by atomic mass is 35.7. The topological polar surface area (TPSA) is 3.24 Å². The average molecular weight is 269 g/mol. The second-order valence-corrected chi connectivity index (χ2v) is 9.94. The standard InChI is InChI=1S/C4H9Cl4NSi2/c1-3-4(2)9(10(5)6)11(7)8/h4H,3H2,1-2H3. The van der Waals surface area contributed by atoms with Gasteiger partial charge in [-0.1, -0.05) is 13.8 Å². The Labute approximate surface area is 89.7 Å². The van der Waals surface area contributed by atoms with Crippen LogP contribution >= 0.6 is 44.3 Å². The van der Waals surface area contributed by atoms with E-state index in [-0.39, 0.29) is 6.04 Å². The molecule has 66 valence electrons. The van der Waals surface area contributed by atoms with E-state index in [0.717, 1.165) is 6.42 Å². The summed E-state index contributed by atoms with van der Waals surface area (Å²) in [4.78, 5) is 0. The molecular weight excluding hydrogens is 260 g/mol. The summed E-state index contributed by atoms with van der Waals surface area (Å²) < 4.78 is 1.82. The van der Waals surface area contributed by atoms with E-state index in [1.54, 1.807) is 0 Å². The van der Waals surface area contributed by atoms with E-state index >= 15 is 0 Å². The smallest absolute Gasteiger partial charge is 0.294 e. The molecule has 0 aliphatic carbocycles. The lowest BCUT2D eigenvalue weighted by molar-refractivity contribution is 0.498. The minimum absolute atomic E-state index is 0.280. The van der Waals surface area contributed by atoms with Crippen molar-refractivity contribution in [1.82, 2.24) is 4.23 Å². The highest BCUT2D eigenvalue weighted by Crippen LogP contribution is 2.18. The van der Waals surface area contributed by atoms with Gasteiger partial charge in [0.15, 0.2) is 0 Å². The normalized spacial score (nSPS) is 15.0. The van der Waals surface area contributed by atoms with E-state index in [1.165, 1.54) is 0 Å². The molecule has 0 aliphatic heterocycles. The number of halogens is 4. The van der Waals surface area contributed by atoms with Gasteiger partial charge < -0.3 is 0 Å². The average Bonchev–Trinajstić information content (AvgIpc) is 1.85. The zero-order chi connectivity index (χ0) is 9.02. The van der Waals surface area contributed by atoms with E-state index in [9.17, 15) is 0 Å². The first-order valence-corrected chi connectivity index (χ1v) is 10.1. The van der Waals surface area contributed by atoms with Crippen molar-refractivity contribution in [3.63, 3.8) is 0 Å². The van der Waals surface area contributed by atoms with Crippen LogP contribution in [0.25, 0.3) is 0 Å². The van der Waals surface area contributed by atoms with E-state index in [2.05, 4.69) is 6.92 Å². The van der Waals surface area contributed by atoms with Crippen LogP contribution in [-0.4, -0.2) is 25.4 Å². The molecule has 7 heteroatoms. The van der Waals surface area contributed by atoms with Crippen LogP contribution < -0.4 is 0 Å². The lowest BCUT2D eigenvalue weighted by atomic mass is 10.3. The minimum Gasteiger partial charge on any atom is -0.294 e. The van der Waals surface area contributed by atoms with Gasteiger partial charge in [-0.05, 0) is 12.5 Å². The van der Waals surface area contributed by atoms with Gasteiger partial charge >= 0.3 is 15.2 Å². The molecule has 1 nitrogen and oxygen atoms in total. The van der Waals surface area contributed by atoms with Crippen LogP contribution in [0, 0.1) is 0 Å². The van der Waals surface area contributed by atoms with Crippen LogP contribution in [0.2, 0.25) is 0 Å². The Hall–Kier alpha value is 1.55. The van der Waals surface area contributed by atoms with Gasteiger partial charge in [0.1, 0.15) is 0 Å². The van der Waals surface area contributed by atoms with Crippen molar-refractivity contribution >= 4 is 59.5 Å². The second kappa shape index (κ2) is 6.08. The van der Waals surface area contributed by atoms with E-state index in [0.29, 0.717) is 0 Å². The van der Waals surface area contributed by atoms with Crippen LogP contribution in [0.1, 0.15) is 20.3 Å². The molecule has 0 N–H and O–H groups in total. The van der Waals surface area contributed by atoms with Gasteiger partial charge in [0.05, 0.1) is 0 Å². The fourth-order valence-electron chi connectivity index (χ4n) is 0.580. The van der Waals surface area contributed by atoms with Crippen molar-refractivity contribution in [2.45, 2.75) is 26.3 Å². The van der Waals surface area contributed by atoms with Crippen molar-refractivity contribution in [2.24, 2.45) is 0 Å². The monoisotopic (exact) mass is 267 g/mol. The first-order valence-electron chi connectivity index (χ1n) is 3.15. The quantitative estimate of drug-likeness (QED) is 0.560.